The van der Waals surface area contributed by atoms with Crippen molar-refractivity contribution < 1.29 is 28.9 Å². The lowest BCUT2D eigenvalue weighted by Gasteiger charge is -2.36. The van der Waals surface area contributed by atoms with E-state index >= 15 is 0 Å². The van der Waals surface area contributed by atoms with E-state index in [0.29, 0.717) is 35.9 Å². The Morgan fingerprint density at radius 2 is 1.58 bits per heavy atom. The SMILES string of the molecule is COc1cc(C(=O)C=C(C)c2ccc(CN3CC(C(=O)O)C3)cc2)cc(OC)c1OC. The number of allylic oxidation sites excluding steroid dienone is 2. The summed E-state index contributed by atoms with van der Waals surface area (Å²) in [5, 5.41) is 8.97. The molecule has 2 aromatic carbocycles. The van der Waals surface area contributed by atoms with Crippen LogP contribution in [0, 0.1) is 5.92 Å². The zero-order valence-electron chi connectivity index (χ0n) is 18.2. The first-order valence-corrected chi connectivity index (χ1v) is 9.93. The number of ether oxygens (including phenoxy) is 3. The van der Waals surface area contributed by atoms with Crippen molar-refractivity contribution in [2.75, 3.05) is 34.4 Å². The molecular formula is C24H27NO6. The fourth-order valence-electron chi connectivity index (χ4n) is 3.57. The number of benzene rings is 2. The van der Waals surface area contributed by atoms with E-state index in [9.17, 15) is 9.59 Å². The summed E-state index contributed by atoms with van der Waals surface area (Å²) >= 11 is 0. The predicted molar refractivity (Wildman–Crippen MR) is 117 cm³/mol. The van der Waals surface area contributed by atoms with Gasteiger partial charge in [-0.25, -0.2) is 0 Å². The number of nitrogens with zero attached hydrogens (tertiary/aromatic N) is 1. The topological polar surface area (TPSA) is 85.3 Å². The lowest BCUT2D eigenvalue weighted by Crippen LogP contribution is -2.49. The molecule has 1 N–H and O–H groups in total. The third-order valence-electron chi connectivity index (χ3n) is 5.42. The van der Waals surface area contributed by atoms with E-state index in [1.807, 2.05) is 31.2 Å². The largest absolute Gasteiger partial charge is 0.493 e. The summed E-state index contributed by atoms with van der Waals surface area (Å²) in [6.45, 7) is 3.77. The highest BCUT2D eigenvalue weighted by Gasteiger charge is 2.32. The fraction of sp³-hybridized carbons (Fsp3) is 0.333. The molecule has 7 heteroatoms. The van der Waals surface area contributed by atoms with E-state index in [0.717, 1.165) is 23.2 Å². The van der Waals surface area contributed by atoms with E-state index in [1.165, 1.54) is 21.3 Å². The van der Waals surface area contributed by atoms with Crippen molar-refractivity contribution in [3.8, 4) is 17.2 Å². The highest BCUT2D eigenvalue weighted by atomic mass is 16.5. The Morgan fingerprint density at radius 3 is 2.06 bits per heavy atom. The average molecular weight is 425 g/mol. The molecule has 0 unspecified atom stereocenters. The maximum absolute atomic E-state index is 12.8. The van der Waals surface area contributed by atoms with Gasteiger partial charge in [-0.1, -0.05) is 24.3 Å². The summed E-state index contributed by atoms with van der Waals surface area (Å²) in [5.41, 5.74) is 3.32. The molecule has 1 heterocycles. The van der Waals surface area contributed by atoms with Crippen LogP contribution >= 0.6 is 0 Å². The van der Waals surface area contributed by atoms with E-state index in [-0.39, 0.29) is 11.7 Å². The molecule has 0 aliphatic carbocycles. The van der Waals surface area contributed by atoms with E-state index < -0.39 is 5.97 Å². The molecule has 31 heavy (non-hydrogen) atoms. The number of methoxy groups -OCH3 is 3. The standard InChI is InChI=1S/C24H27NO6/c1-15(9-20(26)18-10-21(29-2)23(31-4)22(11-18)30-3)17-7-5-16(6-8-17)12-25-13-19(14-25)24(27)28/h5-11,19H,12-14H2,1-4H3,(H,27,28). The summed E-state index contributed by atoms with van der Waals surface area (Å²) in [6, 6.07) is 11.2. The summed E-state index contributed by atoms with van der Waals surface area (Å²) in [6.07, 6.45) is 1.59. The number of aliphatic carboxylic acids is 1. The summed E-state index contributed by atoms with van der Waals surface area (Å²) in [7, 11) is 4.54. The van der Waals surface area contributed by atoms with Gasteiger partial charge in [-0.05, 0) is 41.8 Å². The van der Waals surface area contributed by atoms with E-state index in [4.69, 9.17) is 19.3 Å². The molecule has 3 rings (SSSR count). The van der Waals surface area contributed by atoms with Crippen LogP contribution in [0.1, 0.15) is 28.4 Å². The Bertz CT molecular complexity index is 965. The van der Waals surface area contributed by atoms with Crippen molar-refractivity contribution in [3.05, 3.63) is 59.2 Å². The third kappa shape index (κ3) is 5.06. The van der Waals surface area contributed by atoms with Crippen molar-refractivity contribution in [2.45, 2.75) is 13.5 Å². The molecular weight excluding hydrogens is 398 g/mol. The molecule has 1 aliphatic heterocycles. The van der Waals surface area contributed by atoms with Crippen LogP contribution in [0.15, 0.2) is 42.5 Å². The van der Waals surface area contributed by atoms with Gasteiger partial charge in [0.25, 0.3) is 0 Å². The Hall–Kier alpha value is -3.32. The average Bonchev–Trinajstić information content (AvgIpc) is 2.74. The monoisotopic (exact) mass is 425 g/mol. The molecule has 0 saturated carbocycles. The van der Waals surface area contributed by atoms with Crippen LogP contribution in [-0.4, -0.2) is 56.2 Å². The summed E-state index contributed by atoms with van der Waals surface area (Å²) < 4.78 is 15.9. The smallest absolute Gasteiger partial charge is 0.309 e. The lowest BCUT2D eigenvalue weighted by atomic mass is 9.98. The third-order valence-corrected chi connectivity index (χ3v) is 5.42. The molecule has 1 aliphatic rings. The molecule has 1 saturated heterocycles. The second-order valence-electron chi connectivity index (χ2n) is 7.53. The normalized spacial score (nSPS) is 14.6. The number of likely N-dealkylation sites (tertiary alicyclic amines) is 1. The highest BCUT2D eigenvalue weighted by Crippen LogP contribution is 2.38. The summed E-state index contributed by atoms with van der Waals surface area (Å²) in [5.74, 6) is 0.138. The minimum absolute atomic E-state index is 0.166. The number of carbonyl (C=O) groups is 2. The molecule has 0 atom stereocenters. The molecule has 0 spiro atoms. The van der Waals surface area contributed by atoms with Crippen LogP contribution < -0.4 is 14.2 Å². The number of carboxylic acid groups (broad SMARTS) is 1. The van der Waals surface area contributed by atoms with Crippen LogP contribution in [0.4, 0.5) is 0 Å². The van der Waals surface area contributed by atoms with Gasteiger partial charge in [0, 0.05) is 25.2 Å². The Morgan fingerprint density at radius 1 is 1.00 bits per heavy atom. The quantitative estimate of drug-likeness (QED) is 0.486. The molecule has 164 valence electrons. The maximum Gasteiger partial charge on any atom is 0.309 e. The van der Waals surface area contributed by atoms with Crippen molar-refractivity contribution in [2.24, 2.45) is 5.92 Å². The first-order valence-electron chi connectivity index (χ1n) is 9.93. The van der Waals surface area contributed by atoms with E-state index in [1.54, 1.807) is 18.2 Å². The van der Waals surface area contributed by atoms with Gasteiger partial charge < -0.3 is 19.3 Å². The van der Waals surface area contributed by atoms with Crippen molar-refractivity contribution in [3.63, 3.8) is 0 Å². The number of carboxylic acids is 1. The van der Waals surface area contributed by atoms with Crippen molar-refractivity contribution in [1.82, 2.24) is 4.90 Å². The molecule has 0 aromatic heterocycles. The number of hydrogen-bond donors (Lipinski definition) is 1. The zero-order chi connectivity index (χ0) is 22.5. The molecule has 0 amide bonds. The van der Waals surface area contributed by atoms with Crippen molar-refractivity contribution >= 4 is 17.3 Å². The van der Waals surface area contributed by atoms with Gasteiger partial charge in [0.2, 0.25) is 5.75 Å². The molecule has 7 nitrogen and oxygen atoms in total. The van der Waals surface area contributed by atoms with Crippen LogP contribution in [0.2, 0.25) is 0 Å². The number of hydrogen-bond acceptors (Lipinski definition) is 6. The first kappa shape index (κ1) is 22.4. The van der Waals surface area contributed by atoms with Gasteiger partial charge in [0.15, 0.2) is 17.3 Å². The number of rotatable bonds is 9. The lowest BCUT2D eigenvalue weighted by molar-refractivity contribution is -0.147. The van der Waals surface area contributed by atoms with Gasteiger partial charge in [-0.3, -0.25) is 14.5 Å². The van der Waals surface area contributed by atoms with Gasteiger partial charge >= 0.3 is 5.97 Å². The Balaban J connectivity index is 1.71. The van der Waals surface area contributed by atoms with Crippen LogP contribution in [0.5, 0.6) is 17.2 Å². The Labute approximate surface area is 181 Å². The molecule has 1 fully saturated rings. The molecule has 2 aromatic rings. The zero-order valence-corrected chi connectivity index (χ0v) is 18.2. The van der Waals surface area contributed by atoms with Crippen LogP contribution in [0.3, 0.4) is 0 Å². The minimum atomic E-state index is -0.732. The van der Waals surface area contributed by atoms with Crippen LogP contribution in [0.25, 0.3) is 5.57 Å². The van der Waals surface area contributed by atoms with Gasteiger partial charge in [-0.2, -0.15) is 0 Å². The van der Waals surface area contributed by atoms with Crippen molar-refractivity contribution in [1.29, 1.82) is 0 Å². The van der Waals surface area contributed by atoms with Gasteiger partial charge in [0.1, 0.15) is 0 Å². The van der Waals surface area contributed by atoms with Gasteiger partial charge in [-0.15, -0.1) is 0 Å². The van der Waals surface area contributed by atoms with Gasteiger partial charge in [0.05, 0.1) is 27.2 Å². The first-order chi connectivity index (χ1) is 14.9. The summed E-state index contributed by atoms with van der Waals surface area (Å²) in [4.78, 5) is 25.8. The second kappa shape index (κ2) is 9.66. The minimum Gasteiger partial charge on any atom is -0.493 e. The predicted octanol–water partition coefficient (Wildman–Crippen LogP) is 3.52. The molecule has 0 bridgehead atoms. The fourth-order valence-corrected chi connectivity index (χ4v) is 3.57. The van der Waals surface area contributed by atoms with E-state index in [2.05, 4.69) is 4.90 Å². The highest BCUT2D eigenvalue weighted by molar-refractivity contribution is 6.09. The number of carbonyl (C=O) groups excluding carboxylic acids is 1. The van der Waals surface area contributed by atoms with Crippen LogP contribution in [-0.2, 0) is 11.3 Å². The number of ketones is 1. The maximum atomic E-state index is 12.8. The molecule has 0 radical (unpaired) electrons. The second-order valence-corrected chi connectivity index (χ2v) is 7.53. The Kier molecular flexibility index (Phi) is 6.97.